The number of likely N-dealkylation sites (N-methyl/N-ethyl adjacent to an activating group) is 1. The van der Waals surface area contributed by atoms with Crippen molar-refractivity contribution in [2.75, 3.05) is 14.1 Å². The van der Waals surface area contributed by atoms with Crippen LogP contribution in [0.25, 0.3) is 0 Å². The maximum atomic E-state index is 12.5. The monoisotopic (exact) mass is 330 g/mol. The Morgan fingerprint density at radius 1 is 1.00 bits per heavy atom. The van der Waals surface area contributed by atoms with Gasteiger partial charge < -0.3 is 4.90 Å². The van der Waals surface area contributed by atoms with E-state index in [0.717, 1.165) is 10.2 Å². The SMILES string of the molecule is CN(C)C(=Nc1ccc(Br)cc1)C(=O)c1ccccc1. The van der Waals surface area contributed by atoms with Gasteiger partial charge in [0.05, 0.1) is 5.69 Å². The van der Waals surface area contributed by atoms with Gasteiger partial charge in [-0.25, -0.2) is 4.99 Å². The Morgan fingerprint density at radius 2 is 1.60 bits per heavy atom. The Morgan fingerprint density at radius 3 is 2.15 bits per heavy atom. The summed E-state index contributed by atoms with van der Waals surface area (Å²) < 4.78 is 0.984. The van der Waals surface area contributed by atoms with E-state index in [1.807, 2.05) is 56.6 Å². The van der Waals surface area contributed by atoms with Crippen LogP contribution in [0.4, 0.5) is 5.69 Å². The molecular weight excluding hydrogens is 316 g/mol. The van der Waals surface area contributed by atoms with Crippen molar-refractivity contribution in [3.8, 4) is 0 Å². The zero-order valence-electron chi connectivity index (χ0n) is 11.4. The maximum Gasteiger partial charge on any atom is 0.228 e. The second-order valence-corrected chi connectivity index (χ2v) is 5.42. The number of amidine groups is 1. The van der Waals surface area contributed by atoms with E-state index in [1.165, 1.54) is 0 Å². The van der Waals surface area contributed by atoms with Gasteiger partial charge in [0.1, 0.15) is 0 Å². The van der Waals surface area contributed by atoms with Crippen LogP contribution in [0.15, 0.2) is 64.1 Å². The molecule has 0 aliphatic heterocycles. The summed E-state index contributed by atoms with van der Waals surface area (Å²) in [6, 6.07) is 16.7. The van der Waals surface area contributed by atoms with E-state index in [0.29, 0.717) is 11.4 Å². The minimum Gasteiger partial charge on any atom is -0.359 e. The van der Waals surface area contributed by atoms with Gasteiger partial charge in [0, 0.05) is 24.1 Å². The molecule has 20 heavy (non-hydrogen) atoms. The molecule has 0 bridgehead atoms. The van der Waals surface area contributed by atoms with Crippen LogP contribution in [0, 0.1) is 0 Å². The van der Waals surface area contributed by atoms with E-state index in [1.54, 1.807) is 17.0 Å². The van der Waals surface area contributed by atoms with Gasteiger partial charge in [-0.3, -0.25) is 4.79 Å². The van der Waals surface area contributed by atoms with E-state index < -0.39 is 0 Å². The summed E-state index contributed by atoms with van der Waals surface area (Å²) in [7, 11) is 3.64. The van der Waals surface area contributed by atoms with Crippen molar-refractivity contribution < 1.29 is 4.79 Å². The molecule has 0 heterocycles. The van der Waals surface area contributed by atoms with Crippen LogP contribution in [0.3, 0.4) is 0 Å². The molecule has 0 unspecified atom stereocenters. The topological polar surface area (TPSA) is 32.7 Å². The largest absolute Gasteiger partial charge is 0.359 e. The third-order valence-corrected chi connectivity index (χ3v) is 3.25. The summed E-state index contributed by atoms with van der Waals surface area (Å²) in [6.07, 6.45) is 0. The first-order valence-electron chi connectivity index (χ1n) is 6.19. The molecule has 0 aliphatic rings. The van der Waals surface area contributed by atoms with E-state index in [4.69, 9.17) is 0 Å². The molecule has 2 aromatic rings. The fourth-order valence-electron chi connectivity index (χ4n) is 1.71. The van der Waals surface area contributed by atoms with Crippen molar-refractivity contribution in [2.45, 2.75) is 0 Å². The summed E-state index contributed by atoms with van der Waals surface area (Å²) in [6.45, 7) is 0. The number of carbonyl (C=O) groups excluding carboxylic acids is 1. The minimum atomic E-state index is -0.0847. The van der Waals surface area contributed by atoms with E-state index in [9.17, 15) is 4.79 Å². The van der Waals surface area contributed by atoms with Crippen LogP contribution >= 0.6 is 15.9 Å². The molecule has 4 heteroatoms. The number of hydrogen-bond acceptors (Lipinski definition) is 2. The quantitative estimate of drug-likeness (QED) is 0.485. The molecule has 0 aromatic heterocycles. The van der Waals surface area contributed by atoms with Crippen LogP contribution in [-0.4, -0.2) is 30.6 Å². The first-order valence-corrected chi connectivity index (χ1v) is 6.98. The second-order valence-electron chi connectivity index (χ2n) is 4.50. The second kappa shape index (κ2) is 6.48. The molecule has 0 radical (unpaired) electrons. The van der Waals surface area contributed by atoms with Crippen molar-refractivity contribution in [1.82, 2.24) is 4.90 Å². The van der Waals surface area contributed by atoms with Crippen LogP contribution < -0.4 is 0 Å². The lowest BCUT2D eigenvalue weighted by molar-refractivity contribution is 0.105. The van der Waals surface area contributed by atoms with Crippen molar-refractivity contribution >= 4 is 33.2 Å². The van der Waals surface area contributed by atoms with E-state index in [2.05, 4.69) is 20.9 Å². The Balaban J connectivity index is 2.36. The third kappa shape index (κ3) is 3.54. The van der Waals surface area contributed by atoms with Gasteiger partial charge in [-0.1, -0.05) is 46.3 Å². The smallest absolute Gasteiger partial charge is 0.228 e. The van der Waals surface area contributed by atoms with Crippen molar-refractivity contribution in [1.29, 1.82) is 0 Å². The fourth-order valence-corrected chi connectivity index (χ4v) is 1.97. The van der Waals surface area contributed by atoms with Crippen molar-refractivity contribution in [3.05, 3.63) is 64.6 Å². The zero-order valence-corrected chi connectivity index (χ0v) is 13.0. The number of nitrogens with zero attached hydrogens (tertiary/aromatic N) is 2. The Hall–Kier alpha value is -1.94. The first kappa shape index (κ1) is 14.5. The highest BCUT2D eigenvalue weighted by Gasteiger charge is 2.15. The lowest BCUT2D eigenvalue weighted by Crippen LogP contribution is -2.30. The van der Waals surface area contributed by atoms with Crippen molar-refractivity contribution in [2.24, 2.45) is 4.99 Å². The Kier molecular flexibility index (Phi) is 4.69. The highest BCUT2D eigenvalue weighted by atomic mass is 79.9. The van der Waals surface area contributed by atoms with E-state index >= 15 is 0 Å². The number of rotatable bonds is 3. The van der Waals surface area contributed by atoms with Gasteiger partial charge in [-0.15, -0.1) is 0 Å². The number of Topliss-reactive ketones (excluding diaryl/α,β-unsaturated/α-hetero) is 1. The molecule has 3 nitrogen and oxygen atoms in total. The predicted molar refractivity (Wildman–Crippen MR) is 85.7 cm³/mol. The maximum absolute atomic E-state index is 12.5. The van der Waals surface area contributed by atoms with Crippen molar-refractivity contribution in [3.63, 3.8) is 0 Å². The first-order chi connectivity index (χ1) is 9.58. The Bertz CT molecular complexity index is 619. The minimum absolute atomic E-state index is 0.0847. The molecule has 0 amide bonds. The number of carbonyl (C=O) groups is 1. The molecule has 0 saturated carbocycles. The molecule has 0 atom stereocenters. The van der Waals surface area contributed by atoms with Crippen LogP contribution in [0.5, 0.6) is 0 Å². The average molecular weight is 331 g/mol. The lowest BCUT2D eigenvalue weighted by atomic mass is 10.1. The number of benzene rings is 2. The number of halogens is 1. The Labute approximate surface area is 127 Å². The summed E-state index contributed by atoms with van der Waals surface area (Å²) >= 11 is 3.38. The van der Waals surface area contributed by atoms with Gasteiger partial charge in [0.15, 0.2) is 5.84 Å². The lowest BCUT2D eigenvalue weighted by Gasteiger charge is -2.14. The molecule has 2 rings (SSSR count). The molecule has 102 valence electrons. The van der Waals surface area contributed by atoms with Gasteiger partial charge in [-0.05, 0) is 24.3 Å². The van der Waals surface area contributed by atoms with Gasteiger partial charge in [-0.2, -0.15) is 0 Å². The molecular formula is C16H15BrN2O. The van der Waals surface area contributed by atoms with Crippen LogP contribution in [-0.2, 0) is 0 Å². The summed E-state index contributed by atoms with van der Waals surface area (Å²) in [5, 5.41) is 0. The summed E-state index contributed by atoms with van der Waals surface area (Å²) in [4.78, 5) is 18.7. The summed E-state index contributed by atoms with van der Waals surface area (Å²) in [5.41, 5.74) is 1.39. The molecule has 0 aliphatic carbocycles. The van der Waals surface area contributed by atoms with Crippen LogP contribution in [0.1, 0.15) is 10.4 Å². The molecule has 0 fully saturated rings. The predicted octanol–water partition coefficient (Wildman–Crippen LogP) is 3.92. The molecule has 0 saturated heterocycles. The molecule has 2 aromatic carbocycles. The van der Waals surface area contributed by atoms with E-state index in [-0.39, 0.29) is 5.78 Å². The highest BCUT2D eigenvalue weighted by Crippen LogP contribution is 2.18. The van der Waals surface area contributed by atoms with Crippen LogP contribution in [0.2, 0.25) is 0 Å². The normalized spacial score (nSPS) is 11.2. The number of ketones is 1. The van der Waals surface area contributed by atoms with Gasteiger partial charge in [0.25, 0.3) is 0 Å². The average Bonchev–Trinajstić information content (AvgIpc) is 2.46. The molecule has 0 spiro atoms. The zero-order chi connectivity index (χ0) is 14.5. The highest BCUT2D eigenvalue weighted by molar-refractivity contribution is 9.10. The fraction of sp³-hybridized carbons (Fsp3) is 0.125. The molecule has 0 N–H and O–H groups in total. The standard InChI is InChI=1S/C16H15BrN2O/c1-19(2)16(15(20)12-6-4-3-5-7-12)18-14-10-8-13(17)9-11-14/h3-11H,1-2H3. The number of hydrogen-bond donors (Lipinski definition) is 0. The third-order valence-electron chi connectivity index (χ3n) is 2.72. The van der Waals surface area contributed by atoms with Gasteiger partial charge >= 0.3 is 0 Å². The number of aliphatic imine (C=N–C) groups is 1. The summed E-state index contributed by atoms with van der Waals surface area (Å²) in [5.74, 6) is 0.331. The van der Waals surface area contributed by atoms with Gasteiger partial charge in [0.2, 0.25) is 5.78 Å².